The third-order valence-electron chi connectivity index (χ3n) is 8.59. The van der Waals surface area contributed by atoms with Crippen LogP contribution < -0.4 is 5.32 Å². The smallest absolute Gasteiger partial charge is 0.303 e. The van der Waals surface area contributed by atoms with Gasteiger partial charge in [-0.15, -0.1) is 0 Å². The summed E-state index contributed by atoms with van der Waals surface area (Å²) in [6, 6.07) is 0.208. The summed E-state index contributed by atoms with van der Waals surface area (Å²) in [6.07, 6.45) is 31.3. The zero-order chi connectivity index (χ0) is 29.4. The van der Waals surface area contributed by atoms with Crippen LogP contribution in [0.3, 0.4) is 0 Å². The maximum atomic E-state index is 12.8. The molecule has 0 spiro atoms. The van der Waals surface area contributed by atoms with E-state index in [9.17, 15) is 9.59 Å². The lowest BCUT2D eigenvalue weighted by molar-refractivity contribution is -0.137. The topological polar surface area (TPSA) is 66.4 Å². The molecule has 0 aromatic rings. The van der Waals surface area contributed by atoms with Crippen molar-refractivity contribution in [3.05, 3.63) is 23.3 Å². The fraction of sp³-hybridized carbons (Fsp3) is 0.833. The summed E-state index contributed by atoms with van der Waals surface area (Å²) in [5.74, 6) is 0.855. The van der Waals surface area contributed by atoms with Crippen molar-refractivity contribution in [1.82, 2.24) is 5.32 Å². The van der Waals surface area contributed by atoms with Gasteiger partial charge in [-0.1, -0.05) is 128 Å². The quantitative estimate of drug-likeness (QED) is 0.0777. The number of nitrogens with one attached hydrogen (secondary N) is 1. The molecule has 4 heteroatoms. The maximum absolute atomic E-state index is 12.8. The number of hydrogen-bond acceptors (Lipinski definition) is 2. The summed E-state index contributed by atoms with van der Waals surface area (Å²) >= 11 is 0. The van der Waals surface area contributed by atoms with E-state index in [0.717, 1.165) is 38.5 Å². The van der Waals surface area contributed by atoms with Crippen molar-refractivity contribution in [2.45, 2.75) is 181 Å². The van der Waals surface area contributed by atoms with Crippen LogP contribution in [-0.2, 0) is 9.59 Å². The summed E-state index contributed by atoms with van der Waals surface area (Å²) in [4.78, 5) is 23.3. The molecule has 1 rings (SSSR count). The molecule has 2 N–H and O–H groups in total. The van der Waals surface area contributed by atoms with Crippen molar-refractivity contribution < 1.29 is 14.7 Å². The Bertz CT molecular complexity index is 720. The molecule has 4 nitrogen and oxygen atoms in total. The van der Waals surface area contributed by atoms with E-state index < -0.39 is 5.97 Å². The molecule has 1 fully saturated rings. The highest BCUT2D eigenvalue weighted by Crippen LogP contribution is 2.39. The van der Waals surface area contributed by atoms with Gasteiger partial charge in [-0.2, -0.15) is 0 Å². The van der Waals surface area contributed by atoms with Crippen LogP contribution in [-0.4, -0.2) is 23.0 Å². The minimum atomic E-state index is -0.665. The zero-order valence-electron chi connectivity index (χ0n) is 26.9. The van der Waals surface area contributed by atoms with Gasteiger partial charge in [-0.25, -0.2) is 0 Å². The minimum Gasteiger partial charge on any atom is -0.481 e. The predicted octanol–water partition coefficient (Wildman–Crippen LogP) is 10.7. The molecule has 0 radical (unpaired) electrons. The highest BCUT2D eigenvalue weighted by molar-refractivity contribution is 5.76. The monoisotopic (exact) mass is 559 g/mol. The molecule has 232 valence electrons. The largest absolute Gasteiger partial charge is 0.481 e. The minimum absolute atomic E-state index is 0.208. The second-order valence-corrected chi connectivity index (χ2v) is 12.6. The summed E-state index contributed by atoms with van der Waals surface area (Å²) < 4.78 is 0. The normalized spacial score (nSPS) is 15.0. The first-order valence-corrected chi connectivity index (χ1v) is 17.2. The summed E-state index contributed by atoms with van der Waals surface area (Å²) in [5, 5.41) is 12.1. The van der Waals surface area contributed by atoms with Crippen LogP contribution in [0.4, 0.5) is 0 Å². The Hall–Kier alpha value is -1.58. The van der Waals surface area contributed by atoms with Gasteiger partial charge >= 0.3 is 5.97 Å². The highest BCUT2D eigenvalue weighted by Gasteiger charge is 2.31. The summed E-state index contributed by atoms with van der Waals surface area (Å²) in [6.45, 7) is 8.93. The van der Waals surface area contributed by atoms with E-state index in [1.807, 2.05) is 0 Å². The zero-order valence-corrected chi connectivity index (χ0v) is 26.9. The molecule has 0 heterocycles. The van der Waals surface area contributed by atoms with Crippen LogP contribution in [0, 0.1) is 11.8 Å². The second kappa shape index (κ2) is 24.1. The van der Waals surface area contributed by atoms with Gasteiger partial charge in [-0.3, -0.25) is 9.59 Å². The van der Waals surface area contributed by atoms with Crippen molar-refractivity contribution in [3.63, 3.8) is 0 Å². The Balaban J connectivity index is 2.06. The molecule has 1 amide bonds. The molecule has 40 heavy (non-hydrogen) atoms. The Morgan fingerprint density at radius 3 is 1.57 bits per heavy atom. The molecule has 0 bridgehead atoms. The lowest BCUT2D eigenvalue weighted by Crippen LogP contribution is -2.37. The first-order chi connectivity index (χ1) is 19.4. The van der Waals surface area contributed by atoms with Crippen LogP contribution in [0.2, 0.25) is 0 Å². The number of carboxylic acids is 1. The van der Waals surface area contributed by atoms with Crippen LogP contribution in [0.5, 0.6) is 0 Å². The fourth-order valence-electron chi connectivity index (χ4n) is 5.96. The molecule has 1 atom stereocenters. The molecule has 0 aliphatic heterocycles. The van der Waals surface area contributed by atoms with E-state index in [-0.39, 0.29) is 11.9 Å². The molecule has 1 aliphatic carbocycles. The first-order valence-electron chi connectivity index (χ1n) is 17.2. The van der Waals surface area contributed by atoms with Gasteiger partial charge in [0.05, 0.1) is 6.04 Å². The van der Waals surface area contributed by atoms with Gasteiger partial charge in [0, 0.05) is 12.8 Å². The number of rotatable bonds is 27. The van der Waals surface area contributed by atoms with Gasteiger partial charge in [0.15, 0.2) is 0 Å². The molecular formula is C36H65NO3. The van der Waals surface area contributed by atoms with E-state index in [4.69, 9.17) is 5.11 Å². The Morgan fingerprint density at radius 2 is 1.20 bits per heavy atom. The summed E-state index contributed by atoms with van der Waals surface area (Å²) in [5.41, 5.74) is 3.00. The van der Waals surface area contributed by atoms with Crippen LogP contribution >= 0.6 is 0 Å². The Labute approximate surface area is 248 Å². The number of unbranched alkanes of at least 4 members (excludes halogenated alkanes) is 15. The van der Waals surface area contributed by atoms with E-state index in [2.05, 4.69) is 45.2 Å². The van der Waals surface area contributed by atoms with Crippen LogP contribution in [0.15, 0.2) is 23.3 Å². The first kappa shape index (κ1) is 36.4. The third kappa shape index (κ3) is 19.5. The molecule has 0 aromatic heterocycles. The van der Waals surface area contributed by atoms with Gasteiger partial charge < -0.3 is 10.4 Å². The maximum Gasteiger partial charge on any atom is 0.303 e. The van der Waals surface area contributed by atoms with Crippen molar-refractivity contribution in [3.8, 4) is 0 Å². The number of aliphatic carboxylic acids is 1. The number of carbonyl (C=O) groups is 2. The van der Waals surface area contributed by atoms with Gasteiger partial charge in [-0.05, 0) is 69.3 Å². The van der Waals surface area contributed by atoms with Crippen molar-refractivity contribution >= 4 is 11.9 Å². The molecule has 0 saturated heterocycles. The molecule has 1 aliphatic rings. The SMILES string of the molecule is C/C=C(\C1CC1)C(CC/C(=C/CC)C(C)C)NC(=O)CCCCCCCCCCCCCCCCCCC(=O)O. The molecule has 1 saturated carbocycles. The summed E-state index contributed by atoms with van der Waals surface area (Å²) in [7, 11) is 0. The predicted molar refractivity (Wildman–Crippen MR) is 172 cm³/mol. The lowest BCUT2D eigenvalue weighted by atomic mass is 9.91. The van der Waals surface area contributed by atoms with Crippen molar-refractivity contribution in [1.29, 1.82) is 0 Å². The molecule has 1 unspecified atom stereocenters. The molecular weight excluding hydrogens is 494 g/mol. The van der Waals surface area contributed by atoms with Crippen molar-refractivity contribution in [2.24, 2.45) is 11.8 Å². The van der Waals surface area contributed by atoms with E-state index >= 15 is 0 Å². The standard InChI is InChI=1S/C36H65NO3/c1-5-23-31(30(3)4)28-29-34(33(6-2)32-26-27-32)37-35(38)24-21-19-17-15-13-11-9-7-8-10-12-14-16-18-20-22-25-36(39)40/h6,23,30,32,34H,5,7-22,24-29H2,1-4H3,(H,37,38)(H,39,40)/b31-23-,33-6+. The molecule has 0 aromatic carbocycles. The van der Waals surface area contributed by atoms with Crippen LogP contribution in [0.1, 0.15) is 175 Å². The Kier molecular flexibility index (Phi) is 21.9. The highest BCUT2D eigenvalue weighted by atomic mass is 16.4. The van der Waals surface area contributed by atoms with Gasteiger partial charge in [0.1, 0.15) is 0 Å². The average Bonchev–Trinajstić information content (AvgIpc) is 3.75. The van der Waals surface area contributed by atoms with E-state index in [0.29, 0.717) is 24.7 Å². The third-order valence-corrected chi connectivity index (χ3v) is 8.59. The van der Waals surface area contributed by atoms with E-state index in [1.54, 1.807) is 0 Å². The van der Waals surface area contributed by atoms with Gasteiger partial charge in [0.2, 0.25) is 5.91 Å². The van der Waals surface area contributed by atoms with Gasteiger partial charge in [0.25, 0.3) is 0 Å². The van der Waals surface area contributed by atoms with E-state index in [1.165, 1.54) is 107 Å². The lowest BCUT2D eigenvalue weighted by Gasteiger charge is -2.24. The average molecular weight is 560 g/mol. The number of amides is 1. The number of carbonyl (C=O) groups excluding carboxylic acids is 1. The number of allylic oxidation sites excluding steroid dienone is 3. The number of hydrogen-bond donors (Lipinski definition) is 2. The van der Waals surface area contributed by atoms with Crippen LogP contribution in [0.25, 0.3) is 0 Å². The number of carboxylic acid groups (broad SMARTS) is 1. The fourth-order valence-corrected chi connectivity index (χ4v) is 5.96. The van der Waals surface area contributed by atoms with Crippen molar-refractivity contribution in [2.75, 3.05) is 0 Å². The second-order valence-electron chi connectivity index (χ2n) is 12.6. The Morgan fingerprint density at radius 1 is 0.750 bits per heavy atom.